The number of rotatable bonds is 4. The molecule has 0 spiro atoms. The van der Waals surface area contributed by atoms with Crippen LogP contribution < -0.4 is 0 Å². The van der Waals surface area contributed by atoms with Crippen molar-refractivity contribution in [1.29, 1.82) is 0 Å². The summed E-state index contributed by atoms with van der Waals surface area (Å²) in [5.41, 5.74) is 0. The number of aliphatic hydroxyl groups excluding tert-OH is 1. The summed E-state index contributed by atoms with van der Waals surface area (Å²) in [6, 6.07) is 0. The number of carbonyl (C=O) groups is 1. The lowest BCUT2D eigenvalue weighted by atomic mass is 9.66. The van der Waals surface area contributed by atoms with Gasteiger partial charge in [-0.1, -0.05) is 41.5 Å². The van der Waals surface area contributed by atoms with Crippen LogP contribution in [0.1, 0.15) is 80.1 Å². The van der Waals surface area contributed by atoms with Gasteiger partial charge in [-0.3, -0.25) is 4.79 Å². The van der Waals surface area contributed by atoms with Crippen molar-refractivity contribution >= 4 is 5.97 Å². The minimum absolute atomic E-state index is 0.0332. The van der Waals surface area contributed by atoms with E-state index in [2.05, 4.69) is 41.5 Å². The third kappa shape index (κ3) is 7.52. The molecule has 5 heteroatoms. The van der Waals surface area contributed by atoms with E-state index in [0.717, 1.165) is 57.7 Å². The Labute approximate surface area is 177 Å². The van der Waals surface area contributed by atoms with Gasteiger partial charge in [0.2, 0.25) is 6.29 Å². The largest absolute Gasteiger partial charge is 0.436 e. The average Bonchev–Trinajstić information content (AvgIpc) is 3.15. The molecule has 0 aromatic carbocycles. The molecular formula is C24H44O5. The highest BCUT2D eigenvalue weighted by Gasteiger charge is 2.40. The van der Waals surface area contributed by atoms with Gasteiger partial charge in [-0.25, -0.2) is 0 Å². The van der Waals surface area contributed by atoms with Crippen LogP contribution in [0, 0.1) is 41.4 Å². The second kappa shape index (κ2) is 11.7. The second-order valence-corrected chi connectivity index (χ2v) is 10.2. The zero-order valence-electron chi connectivity index (χ0n) is 19.4. The van der Waals surface area contributed by atoms with Crippen LogP contribution in [0.5, 0.6) is 0 Å². The maximum Gasteiger partial charge on any atom is 0.311 e. The molecule has 170 valence electrons. The Bertz CT molecular complexity index is 466. The first-order chi connectivity index (χ1) is 13.7. The van der Waals surface area contributed by atoms with Crippen LogP contribution in [0.2, 0.25) is 0 Å². The predicted octanol–water partition coefficient (Wildman–Crippen LogP) is 5.01. The van der Waals surface area contributed by atoms with Crippen molar-refractivity contribution in [2.24, 2.45) is 41.4 Å². The van der Waals surface area contributed by atoms with Gasteiger partial charge in [0.1, 0.15) is 0 Å². The van der Waals surface area contributed by atoms with E-state index in [1.165, 1.54) is 0 Å². The molecular weight excluding hydrogens is 368 g/mol. The fourth-order valence-electron chi connectivity index (χ4n) is 5.05. The van der Waals surface area contributed by atoms with Crippen LogP contribution in [-0.4, -0.2) is 36.9 Å². The first-order valence-corrected chi connectivity index (χ1v) is 11.8. The van der Waals surface area contributed by atoms with Crippen LogP contribution in [0.3, 0.4) is 0 Å². The maximum absolute atomic E-state index is 12.3. The van der Waals surface area contributed by atoms with Crippen molar-refractivity contribution in [2.75, 3.05) is 13.2 Å². The maximum atomic E-state index is 12.3. The molecule has 1 aliphatic carbocycles. The third-order valence-corrected chi connectivity index (χ3v) is 7.16. The summed E-state index contributed by atoms with van der Waals surface area (Å²) in [6.07, 6.45) is 5.30. The normalized spacial score (nSPS) is 37.9. The summed E-state index contributed by atoms with van der Waals surface area (Å²) in [5.74, 6) is 3.66. The molecule has 5 unspecified atom stereocenters. The summed E-state index contributed by atoms with van der Waals surface area (Å²) in [5, 5.41) is 8.99. The number of hydrogen-bond donors (Lipinski definition) is 1. The highest BCUT2D eigenvalue weighted by molar-refractivity contribution is 5.73. The van der Waals surface area contributed by atoms with Gasteiger partial charge in [0.25, 0.3) is 0 Å². The summed E-state index contributed by atoms with van der Waals surface area (Å²) in [4.78, 5) is 12.3. The van der Waals surface area contributed by atoms with E-state index >= 15 is 0 Å². The summed E-state index contributed by atoms with van der Waals surface area (Å²) in [6.45, 7) is 14.8. The highest BCUT2D eigenvalue weighted by atomic mass is 16.7. The van der Waals surface area contributed by atoms with E-state index in [9.17, 15) is 4.79 Å². The lowest BCUT2D eigenvalue weighted by Gasteiger charge is -2.39. The lowest BCUT2D eigenvalue weighted by Crippen LogP contribution is -2.39. The van der Waals surface area contributed by atoms with Crippen LogP contribution >= 0.6 is 0 Å². The minimum Gasteiger partial charge on any atom is -0.436 e. The Hall–Kier alpha value is -0.650. The number of carbonyl (C=O) groups excluding carboxylic acids is 1. The van der Waals surface area contributed by atoms with E-state index in [1.807, 2.05) is 0 Å². The summed E-state index contributed by atoms with van der Waals surface area (Å²) >= 11 is 0. The van der Waals surface area contributed by atoms with Crippen molar-refractivity contribution < 1.29 is 24.1 Å². The molecule has 3 aliphatic rings. The van der Waals surface area contributed by atoms with Crippen LogP contribution in [0.4, 0.5) is 0 Å². The number of ether oxygens (including phenoxy) is 3. The van der Waals surface area contributed by atoms with Crippen LogP contribution in [0.15, 0.2) is 0 Å². The lowest BCUT2D eigenvalue weighted by molar-refractivity contribution is -0.180. The molecule has 3 rings (SSSR count). The van der Waals surface area contributed by atoms with Gasteiger partial charge in [0, 0.05) is 6.42 Å². The fourth-order valence-corrected chi connectivity index (χ4v) is 5.05. The van der Waals surface area contributed by atoms with Gasteiger partial charge >= 0.3 is 5.97 Å². The molecule has 0 bridgehead atoms. The molecule has 1 N–H and O–H groups in total. The molecule has 2 heterocycles. The van der Waals surface area contributed by atoms with Crippen LogP contribution in [-0.2, 0) is 19.0 Å². The summed E-state index contributed by atoms with van der Waals surface area (Å²) < 4.78 is 16.0. The van der Waals surface area contributed by atoms with Crippen molar-refractivity contribution in [3.63, 3.8) is 0 Å². The number of hydrogen-bond acceptors (Lipinski definition) is 5. The van der Waals surface area contributed by atoms with Crippen molar-refractivity contribution in [3.05, 3.63) is 0 Å². The molecule has 29 heavy (non-hydrogen) atoms. The van der Waals surface area contributed by atoms with E-state index < -0.39 is 6.29 Å². The van der Waals surface area contributed by atoms with Crippen molar-refractivity contribution in [2.45, 2.75) is 92.6 Å². The van der Waals surface area contributed by atoms with Gasteiger partial charge in [-0.05, 0) is 67.6 Å². The monoisotopic (exact) mass is 412 g/mol. The molecule has 2 aliphatic heterocycles. The van der Waals surface area contributed by atoms with Crippen LogP contribution in [0.25, 0.3) is 0 Å². The highest BCUT2D eigenvalue weighted by Crippen LogP contribution is 2.41. The average molecular weight is 413 g/mol. The quantitative estimate of drug-likeness (QED) is 0.658. The number of esters is 1. The fraction of sp³-hybridized carbons (Fsp3) is 0.958. The molecule has 5 atom stereocenters. The molecule has 1 saturated carbocycles. The molecule has 5 nitrogen and oxygen atoms in total. The Morgan fingerprint density at radius 3 is 2.00 bits per heavy atom. The topological polar surface area (TPSA) is 65.0 Å². The minimum atomic E-state index is -0.491. The predicted molar refractivity (Wildman–Crippen MR) is 114 cm³/mol. The zero-order chi connectivity index (χ0) is 21.6. The molecule has 0 radical (unpaired) electrons. The molecule has 3 fully saturated rings. The van der Waals surface area contributed by atoms with Crippen molar-refractivity contribution in [3.8, 4) is 0 Å². The first kappa shape index (κ1) is 24.6. The van der Waals surface area contributed by atoms with Gasteiger partial charge in [0.15, 0.2) is 6.29 Å². The Kier molecular flexibility index (Phi) is 9.90. The summed E-state index contributed by atoms with van der Waals surface area (Å²) in [7, 11) is 0. The van der Waals surface area contributed by atoms with Gasteiger partial charge in [-0.2, -0.15) is 0 Å². The molecule has 2 saturated heterocycles. The molecule has 0 aromatic rings. The Morgan fingerprint density at radius 1 is 0.931 bits per heavy atom. The SMILES string of the molecule is CC(C)C1CC(C)C(C(=O)OC2CCCO2)C(C)C1.CC(C)C1CCC(O)OC1. The van der Waals surface area contributed by atoms with Gasteiger partial charge in [-0.15, -0.1) is 0 Å². The van der Waals surface area contributed by atoms with E-state index in [0.29, 0.717) is 29.6 Å². The van der Waals surface area contributed by atoms with E-state index in [4.69, 9.17) is 19.3 Å². The third-order valence-electron chi connectivity index (χ3n) is 7.16. The molecule has 0 aromatic heterocycles. The smallest absolute Gasteiger partial charge is 0.311 e. The standard InChI is InChI=1S/C16H28O3.C8H16O2/c1-10(2)13-8-11(3)15(12(4)9-13)16(17)19-14-6-5-7-18-14;1-6(2)7-3-4-8(9)10-5-7/h10-15H,5-9H2,1-4H3;6-9H,3-5H2,1-2H3. The van der Waals surface area contributed by atoms with E-state index in [-0.39, 0.29) is 18.2 Å². The van der Waals surface area contributed by atoms with Gasteiger partial charge in [0.05, 0.1) is 19.1 Å². The molecule has 0 amide bonds. The van der Waals surface area contributed by atoms with E-state index in [1.54, 1.807) is 0 Å². The van der Waals surface area contributed by atoms with Gasteiger partial charge < -0.3 is 19.3 Å². The second-order valence-electron chi connectivity index (χ2n) is 10.2. The Morgan fingerprint density at radius 2 is 1.55 bits per heavy atom. The first-order valence-electron chi connectivity index (χ1n) is 11.8. The number of aliphatic hydroxyl groups is 1. The van der Waals surface area contributed by atoms with Crippen molar-refractivity contribution in [1.82, 2.24) is 0 Å². The Balaban J connectivity index is 0.000000253. The zero-order valence-corrected chi connectivity index (χ0v) is 19.4.